The first kappa shape index (κ1) is 17.4. The van der Waals surface area contributed by atoms with Crippen LogP contribution in [0.3, 0.4) is 0 Å². The smallest absolute Gasteiger partial charge is 0.271 e. The predicted molar refractivity (Wildman–Crippen MR) is 104 cm³/mol. The maximum absolute atomic E-state index is 12.1. The molecule has 0 heterocycles. The van der Waals surface area contributed by atoms with E-state index in [1.165, 1.54) is 0 Å². The highest BCUT2D eigenvalue weighted by molar-refractivity contribution is 6.00. The fourth-order valence-corrected chi connectivity index (χ4v) is 2.36. The Kier molecular flexibility index (Phi) is 5.44. The molecule has 130 valence electrons. The van der Waals surface area contributed by atoms with Crippen LogP contribution in [0.5, 0.6) is 11.5 Å². The van der Waals surface area contributed by atoms with Gasteiger partial charge in [-0.25, -0.2) is 5.43 Å². The Balaban J connectivity index is 1.63. The molecule has 0 saturated carbocycles. The molecule has 0 aliphatic heterocycles. The van der Waals surface area contributed by atoms with Crippen molar-refractivity contribution in [1.82, 2.24) is 5.43 Å². The molecule has 0 atom stereocenters. The summed E-state index contributed by atoms with van der Waals surface area (Å²) in [5, 5.41) is 4.18. The monoisotopic (exact) mass is 344 g/mol. The summed E-state index contributed by atoms with van der Waals surface area (Å²) in [5.41, 5.74) is 5.91. The number of nitrogens with one attached hydrogen (secondary N) is 1. The van der Waals surface area contributed by atoms with E-state index in [1.54, 1.807) is 12.1 Å². The maximum atomic E-state index is 12.1. The minimum atomic E-state index is -0.228. The maximum Gasteiger partial charge on any atom is 0.271 e. The zero-order valence-corrected chi connectivity index (χ0v) is 14.8. The van der Waals surface area contributed by atoms with Gasteiger partial charge in [0.1, 0.15) is 11.5 Å². The van der Waals surface area contributed by atoms with Gasteiger partial charge in [0.25, 0.3) is 5.91 Å². The van der Waals surface area contributed by atoms with E-state index in [2.05, 4.69) is 10.5 Å². The number of carbonyl (C=O) groups is 1. The van der Waals surface area contributed by atoms with Crippen LogP contribution in [0.15, 0.2) is 84.0 Å². The second-order valence-corrected chi connectivity index (χ2v) is 5.94. The Morgan fingerprint density at radius 2 is 1.38 bits per heavy atom. The molecule has 4 heteroatoms. The number of carbonyl (C=O) groups excluding carboxylic acids is 1. The summed E-state index contributed by atoms with van der Waals surface area (Å²) in [5.74, 6) is 1.31. The van der Waals surface area contributed by atoms with Crippen LogP contribution in [-0.4, -0.2) is 11.6 Å². The molecule has 3 rings (SSSR count). The molecule has 3 aromatic rings. The van der Waals surface area contributed by atoms with Gasteiger partial charge in [0.15, 0.2) is 0 Å². The molecule has 0 bridgehead atoms. The van der Waals surface area contributed by atoms with Crippen LogP contribution in [0.2, 0.25) is 0 Å². The lowest BCUT2D eigenvalue weighted by Gasteiger charge is -2.07. The molecular weight excluding hydrogens is 324 g/mol. The van der Waals surface area contributed by atoms with Crippen molar-refractivity contribution in [2.75, 3.05) is 0 Å². The third-order valence-electron chi connectivity index (χ3n) is 3.89. The molecule has 4 nitrogen and oxygen atoms in total. The Labute approximate surface area is 153 Å². The number of hydrazone groups is 1. The van der Waals surface area contributed by atoms with Gasteiger partial charge in [0.2, 0.25) is 0 Å². The molecule has 26 heavy (non-hydrogen) atoms. The topological polar surface area (TPSA) is 50.7 Å². The van der Waals surface area contributed by atoms with Crippen LogP contribution < -0.4 is 10.2 Å². The quantitative estimate of drug-likeness (QED) is 0.526. The number of benzene rings is 3. The summed E-state index contributed by atoms with van der Waals surface area (Å²) in [4.78, 5) is 12.1. The lowest BCUT2D eigenvalue weighted by atomic mass is 10.1. The van der Waals surface area contributed by atoms with Crippen molar-refractivity contribution >= 4 is 11.6 Å². The van der Waals surface area contributed by atoms with Gasteiger partial charge in [-0.2, -0.15) is 5.10 Å². The van der Waals surface area contributed by atoms with Gasteiger partial charge in [-0.3, -0.25) is 4.79 Å². The second-order valence-electron chi connectivity index (χ2n) is 5.94. The number of hydrogen-bond donors (Lipinski definition) is 1. The zero-order chi connectivity index (χ0) is 18.4. The SMILES string of the molecule is C/C(=N\NC(=O)c1ccc(C)cc1)c1ccc(Oc2ccccc2)cc1. The van der Waals surface area contributed by atoms with Gasteiger partial charge in [-0.05, 0) is 67.9 Å². The van der Waals surface area contributed by atoms with Gasteiger partial charge in [0, 0.05) is 5.56 Å². The number of hydrogen-bond acceptors (Lipinski definition) is 3. The van der Waals surface area contributed by atoms with E-state index in [4.69, 9.17) is 4.74 Å². The van der Waals surface area contributed by atoms with Crippen molar-refractivity contribution in [3.8, 4) is 11.5 Å². The Hall–Kier alpha value is -3.40. The molecule has 0 aliphatic rings. The minimum absolute atomic E-state index is 0.228. The van der Waals surface area contributed by atoms with E-state index in [0.717, 1.165) is 28.3 Å². The normalized spacial score (nSPS) is 11.1. The standard InChI is InChI=1S/C22H20N2O2/c1-16-8-10-19(11-9-16)22(25)24-23-17(2)18-12-14-21(15-13-18)26-20-6-4-3-5-7-20/h3-15H,1-2H3,(H,24,25)/b23-17+. The van der Waals surface area contributed by atoms with E-state index in [0.29, 0.717) is 5.56 Å². The van der Waals surface area contributed by atoms with Gasteiger partial charge >= 0.3 is 0 Å². The summed E-state index contributed by atoms with van der Waals surface area (Å²) in [7, 11) is 0. The molecule has 1 N–H and O–H groups in total. The van der Waals surface area contributed by atoms with Crippen molar-refractivity contribution in [2.45, 2.75) is 13.8 Å². The second kappa shape index (κ2) is 8.12. The fourth-order valence-electron chi connectivity index (χ4n) is 2.36. The highest BCUT2D eigenvalue weighted by Gasteiger charge is 2.05. The van der Waals surface area contributed by atoms with Crippen molar-refractivity contribution < 1.29 is 9.53 Å². The van der Waals surface area contributed by atoms with Crippen LogP contribution >= 0.6 is 0 Å². The summed E-state index contributed by atoms with van der Waals surface area (Å²) in [6, 6.07) is 24.6. The van der Waals surface area contributed by atoms with Crippen LogP contribution in [0, 0.1) is 6.92 Å². The molecule has 0 saturated heterocycles. The summed E-state index contributed by atoms with van der Waals surface area (Å²) >= 11 is 0. The molecule has 0 unspecified atom stereocenters. The van der Waals surface area contributed by atoms with Crippen LogP contribution in [0.4, 0.5) is 0 Å². The van der Waals surface area contributed by atoms with E-state index in [1.807, 2.05) is 80.6 Å². The van der Waals surface area contributed by atoms with Crippen molar-refractivity contribution in [3.05, 3.63) is 95.6 Å². The Bertz CT molecular complexity index is 899. The molecular formula is C22H20N2O2. The third kappa shape index (κ3) is 4.57. The van der Waals surface area contributed by atoms with Crippen LogP contribution in [0.25, 0.3) is 0 Å². The predicted octanol–water partition coefficient (Wildman–Crippen LogP) is 4.94. The van der Waals surface area contributed by atoms with Gasteiger partial charge in [0.05, 0.1) is 5.71 Å². The molecule has 1 amide bonds. The largest absolute Gasteiger partial charge is 0.457 e. The van der Waals surface area contributed by atoms with Gasteiger partial charge in [-0.15, -0.1) is 0 Å². The molecule has 0 radical (unpaired) electrons. The number of ether oxygens (including phenoxy) is 1. The average molecular weight is 344 g/mol. The number of nitrogens with zero attached hydrogens (tertiary/aromatic N) is 1. The third-order valence-corrected chi connectivity index (χ3v) is 3.89. The Morgan fingerprint density at radius 1 is 0.808 bits per heavy atom. The summed E-state index contributed by atoms with van der Waals surface area (Å²) < 4.78 is 5.77. The molecule has 0 aromatic heterocycles. The zero-order valence-electron chi connectivity index (χ0n) is 14.8. The molecule has 3 aromatic carbocycles. The lowest BCUT2D eigenvalue weighted by molar-refractivity contribution is 0.0955. The van der Waals surface area contributed by atoms with Gasteiger partial charge < -0.3 is 4.74 Å². The van der Waals surface area contributed by atoms with Gasteiger partial charge in [-0.1, -0.05) is 35.9 Å². The molecule has 0 fully saturated rings. The number of aryl methyl sites for hydroxylation is 1. The molecule has 0 spiro atoms. The summed E-state index contributed by atoms with van der Waals surface area (Å²) in [6.45, 7) is 3.83. The van der Waals surface area contributed by atoms with E-state index < -0.39 is 0 Å². The number of amides is 1. The average Bonchev–Trinajstić information content (AvgIpc) is 2.68. The first-order valence-corrected chi connectivity index (χ1v) is 8.36. The van der Waals surface area contributed by atoms with Crippen LogP contribution in [-0.2, 0) is 0 Å². The van der Waals surface area contributed by atoms with E-state index in [9.17, 15) is 4.79 Å². The number of para-hydroxylation sites is 1. The van der Waals surface area contributed by atoms with Crippen molar-refractivity contribution in [3.63, 3.8) is 0 Å². The Morgan fingerprint density at radius 3 is 2.04 bits per heavy atom. The van der Waals surface area contributed by atoms with Crippen LogP contribution in [0.1, 0.15) is 28.4 Å². The van der Waals surface area contributed by atoms with Crippen molar-refractivity contribution in [2.24, 2.45) is 5.10 Å². The van der Waals surface area contributed by atoms with E-state index >= 15 is 0 Å². The van der Waals surface area contributed by atoms with Crippen molar-refractivity contribution in [1.29, 1.82) is 0 Å². The minimum Gasteiger partial charge on any atom is -0.457 e. The molecule has 0 aliphatic carbocycles. The first-order valence-electron chi connectivity index (χ1n) is 8.36. The first-order chi connectivity index (χ1) is 12.6. The summed E-state index contributed by atoms with van der Waals surface area (Å²) in [6.07, 6.45) is 0. The fraction of sp³-hybridized carbons (Fsp3) is 0.0909. The highest BCUT2D eigenvalue weighted by Crippen LogP contribution is 2.21. The lowest BCUT2D eigenvalue weighted by Crippen LogP contribution is -2.19. The van der Waals surface area contributed by atoms with E-state index in [-0.39, 0.29) is 5.91 Å². The number of rotatable bonds is 5. The highest BCUT2D eigenvalue weighted by atomic mass is 16.5.